The first kappa shape index (κ1) is 12.2. The summed E-state index contributed by atoms with van der Waals surface area (Å²) in [5.41, 5.74) is 0. The average molecular weight is 245 g/mol. The Labute approximate surface area is 103 Å². The highest BCUT2D eigenvalue weighted by Crippen LogP contribution is 2.57. The molecule has 1 aliphatic heterocycles. The minimum Gasteiger partial charge on any atom is -0.352 e. The highest BCUT2D eigenvalue weighted by Gasteiger charge is 2.56. The molecular formula is C12H21ClN2O. The fourth-order valence-corrected chi connectivity index (χ4v) is 3.48. The van der Waals surface area contributed by atoms with Crippen LogP contribution < -0.4 is 10.6 Å². The van der Waals surface area contributed by atoms with Crippen molar-refractivity contribution in [1.29, 1.82) is 0 Å². The van der Waals surface area contributed by atoms with Gasteiger partial charge in [0.05, 0.1) is 0 Å². The Morgan fingerprint density at radius 2 is 1.88 bits per heavy atom. The van der Waals surface area contributed by atoms with Crippen molar-refractivity contribution in [2.24, 2.45) is 17.8 Å². The smallest absolute Gasteiger partial charge is 0.223 e. The van der Waals surface area contributed by atoms with Crippen molar-refractivity contribution < 1.29 is 4.79 Å². The van der Waals surface area contributed by atoms with Gasteiger partial charge in [0.1, 0.15) is 0 Å². The summed E-state index contributed by atoms with van der Waals surface area (Å²) < 4.78 is 0. The zero-order chi connectivity index (χ0) is 10.3. The lowest BCUT2D eigenvalue weighted by atomic mass is 10.1. The monoisotopic (exact) mass is 244 g/mol. The number of carbonyl (C=O) groups is 1. The van der Waals surface area contributed by atoms with Gasteiger partial charge in [0, 0.05) is 18.5 Å². The van der Waals surface area contributed by atoms with E-state index in [0.29, 0.717) is 17.9 Å². The van der Waals surface area contributed by atoms with Gasteiger partial charge in [-0.3, -0.25) is 4.79 Å². The lowest BCUT2D eigenvalue weighted by molar-refractivity contribution is -0.123. The summed E-state index contributed by atoms with van der Waals surface area (Å²) in [5, 5.41) is 6.54. The number of carbonyl (C=O) groups excluding carboxylic acids is 1. The lowest BCUT2D eigenvalue weighted by Gasteiger charge is -2.24. The van der Waals surface area contributed by atoms with E-state index in [-0.39, 0.29) is 12.4 Å². The molecule has 2 saturated carbocycles. The number of rotatable bonds is 2. The second kappa shape index (κ2) is 4.92. The molecule has 92 valence electrons. The van der Waals surface area contributed by atoms with Crippen molar-refractivity contribution in [1.82, 2.24) is 10.6 Å². The second-order valence-corrected chi connectivity index (χ2v) is 5.34. The molecule has 0 spiro atoms. The van der Waals surface area contributed by atoms with Crippen LogP contribution in [-0.4, -0.2) is 25.0 Å². The molecule has 0 aromatic carbocycles. The van der Waals surface area contributed by atoms with Gasteiger partial charge in [0.2, 0.25) is 5.91 Å². The summed E-state index contributed by atoms with van der Waals surface area (Å²) in [4.78, 5) is 11.9. The van der Waals surface area contributed by atoms with Gasteiger partial charge in [0.15, 0.2) is 0 Å². The van der Waals surface area contributed by atoms with E-state index in [1.54, 1.807) is 0 Å². The summed E-state index contributed by atoms with van der Waals surface area (Å²) in [6, 6.07) is 0.396. The highest BCUT2D eigenvalue weighted by molar-refractivity contribution is 5.85. The molecule has 0 aromatic rings. The summed E-state index contributed by atoms with van der Waals surface area (Å²) >= 11 is 0. The maximum atomic E-state index is 11.9. The van der Waals surface area contributed by atoms with Crippen molar-refractivity contribution in [3.63, 3.8) is 0 Å². The fourth-order valence-electron chi connectivity index (χ4n) is 3.48. The van der Waals surface area contributed by atoms with Gasteiger partial charge >= 0.3 is 0 Å². The number of halogens is 1. The van der Waals surface area contributed by atoms with Crippen LogP contribution in [0.4, 0.5) is 0 Å². The largest absolute Gasteiger partial charge is 0.352 e. The molecule has 2 N–H and O–H groups in total. The third kappa shape index (κ3) is 2.21. The molecule has 3 fully saturated rings. The molecule has 2 aliphatic carbocycles. The van der Waals surface area contributed by atoms with Crippen LogP contribution in [0.1, 0.15) is 32.1 Å². The molecule has 3 atom stereocenters. The molecule has 3 nitrogen and oxygen atoms in total. The number of hydrogen-bond acceptors (Lipinski definition) is 2. The predicted octanol–water partition coefficient (Wildman–Crippen LogP) is 1.32. The predicted molar refractivity (Wildman–Crippen MR) is 65.6 cm³/mol. The van der Waals surface area contributed by atoms with E-state index in [9.17, 15) is 4.79 Å². The highest BCUT2D eigenvalue weighted by atomic mass is 35.5. The third-order valence-electron chi connectivity index (χ3n) is 4.35. The molecule has 0 radical (unpaired) electrons. The summed E-state index contributed by atoms with van der Waals surface area (Å²) in [7, 11) is 0. The van der Waals surface area contributed by atoms with E-state index in [4.69, 9.17) is 0 Å². The lowest BCUT2D eigenvalue weighted by Crippen LogP contribution is -2.46. The van der Waals surface area contributed by atoms with Crippen LogP contribution in [0.3, 0.4) is 0 Å². The molecule has 3 aliphatic rings. The van der Waals surface area contributed by atoms with Gasteiger partial charge in [0.25, 0.3) is 0 Å². The zero-order valence-electron chi connectivity index (χ0n) is 9.58. The maximum Gasteiger partial charge on any atom is 0.223 e. The summed E-state index contributed by atoms with van der Waals surface area (Å²) in [6.45, 7) is 2.08. The van der Waals surface area contributed by atoms with Crippen LogP contribution in [0.2, 0.25) is 0 Å². The van der Waals surface area contributed by atoms with Crippen molar-refractivity contribution in [2.45, 2.75) is 38.1 Å². The van der Waals surface area contributed by atoms with Crippen molar-refractivity contribution in [3.8, 4) is 0 Å². The number of hydrogen-bond donors (Lipinski definition) is 2. The molecule has 3 rings (SSSR count). The molecule has 1 heterocycles. The Kier molecular flexibility index (Phi) is 3.75. The van der Waals surface area contributed by atoms with E-state index in [2.05, 4.69) is 10.6 Å². The van der Waals surface area contributed by atoms with Crippen molar-refractivity contribution >= 4 is 18.3 Å². The Bertz CT molecular complexity index is 256. The molecular weight excluding hydrogens is 224 g/mol. The second-order valence-electron chi connectivity index (χ2n) is 5.34. The van der Waals surface area contributed by atoms with Crippen LogP contribution >= 0.6 is 12.4 Å². The normalized spacial score (nSPS) is 40.8. The van der Waals surface area contributed by atoms with Gasteiger partial charge in [-0.1, -0.05) is 6.42 Å². The molecule has 2 unspecified atom stereocenters. The Balaban J connectivity index is 0.000000963. The molecule has 4 heteroatoms. The van der Waals surface area contributed by atoms with E-state index < -0.39 is 0 Å². The number of piperidine rings is 1. The molecule has 16 heavy (non-hydrogen) atoms. The summed E-state index contributed by atoms with van der Waals surface area (Å²) in [6.07, 6.45) is 6.30. The number of amides is 1. The van der Waals surface area contributed by atoms with Gasteiger partial charge in [-0.2, -0.15) is 0 Å². The van der Waals surface area contributed by atoms with Crippen LogP contribution in [0.25, 0.3) is 0 Å². The minimum absolute atomic E-state index is 0. The zero-order valence-corrected chi connectivity index (χ0v) is 10.4. The molecule has 0 bridgehead atoms. The van der Waals surface area contributed by atoms with Crippen molar-refractivity contribution in [3.05, 3.63) is 0 Å². The first-order chi connectivity index (χ1) is 7.36. The SMILES string of the molecule is Cl.O=C(N[C@H]1CCCNC1)C1C2CCCC21. The van der Waals surface area contributed by atoms with E-state index >= 15 is 0 Å². The van der Waals surface area contributed by atoms with Gasteiger partial charge < -0.3 is 10.6 Å². The number of fused-ring (bicyclic) bond motifs is 1. The topological polar surface area (TPSA) is 41.1 Å². The Hall–Kier alpha value is -0.280. The van der Waals surface area contributed by atoms with Gasteiger partial charge in [-0.05, 0) is 44.1 Å². The number of nitrogens with one attached hydrogen (secondary N) is 2. The van der Waals surface area contributed by atoms with Crippen LogP contribution in [0.15, 0.2) is 0 Å². The van der Waals surface area contributed by atoms with E-state index in [1.807, 2.05) is 0 Å². The minimum atomic E-state index is 0. The standard InChI is InChI=1S/C12H20N2O.ClH/c15-12(11-9-4-1-5-10(9)11)14-8-3-2-6-13-7-8;/h8-11,13H,1-7H2,(H,14,15);1H/t8-,9?,10?,11?;/m0./s1. The third-order valence-corrected chi connectivity index (χ3v) is 4.35. The van der Waals surface area contributed by atoms with Crippen molar-refractivity contribution in [2.75, 3.05) is 13.1 Å². The first-order valence-corrected chi connectivity index (χ1v) is 6.37. The summed E-state index contributed by atoms with van der Waals surface area (Å²) in [5.74, 6) is 2.24. The average Bonchev–Trinajstić information content (AvgIpc) is 2.75. The van der Waals surface area contributed by atoms with E-state index in [0.717, 1.165) is 31.3 Å². The molecule has 1 amide bonds. The Morgan fingerprint density at radius 1 is 1.12 bits per heavy atom. The van der Waals surface area contributed by atoms with Gasteiger partial charge in [-0.15, -0.1) is 12.4 Å². The first-order valence-electron chi connectivity index (χ1n) is 6.37. The van der Waals surface area contributed by atoms with Crippen LogP contribution in [0, 0.1) is 17.8 Å². The fraction of sp³-hybridized carbons (Fsp3) is 0.917. The molecule has 0 aromatic heterocycles. The maximum absolute atomic E-state index is 11.9. The quantitative estimate of drug-likeness (QED) is 0.770. The van der Waals surface area contributed by atoms with Crippen LogP contribution in [0.5, 0.6) is 0 Å². The molecule has 1 saturated heterocycles. The van der Waals surface area contributed by atoms with Gasteiger partial charge in [-0.25, -0.2) is 0 Å². The Morgan fingerprint density at radius 3 is 2.50 bits per heavy atom. The van der Waals surface area contributed by atoms with Crippen LogP contribution in [-0.2, 0) is 4.79 Å². The van der Waals surface area contributed by atoms with E-state index in [1.165, 1.54) is 25.7 Å².